The monoisotopic (exact) mass is 401 g/mol. The van der Waals surface area contributed by atoms with Gasteiger partial charge in [0.15, 0.2) is 0 Å². The van der Waals surface area contributed by atoms with Crippen LogP contribution in [0, 0.1) is 5.92 Å². The van der Waals surface area contributed by atoms with Gasteiger partial charge in [0.05, 0.1) is 31.8 Å². The first-order chi connectivity index (χ1) is 13.8. The molecule has 8 heteroatoms. The van der Waals surface area contributed by atoms with Crippen molar-refractivity contribution >= 4 is 11.8 Å². The summed E-state index contributed by atoms with van der Waals surface area (Å²) < 4.78 is 6.96. The van der Waals surface area contributed by atoms with Crippen LogP contribution in [0.3, 0.4) is 0 Å². The smallest absolute Gasteiger partial charge is 0.225 e. The Morgan fingerprint density at radius 2 is 2.21 bits per heavy atom. The predicted molar refractivity (Wildman–Crippen MR) is 109 cm³/mol. The molecule has 2 aromatic rings. The molecule has 3 rings (SSSR count). The van der Waals surface area contributed by atoms with Gasteiger partial charge in [-0.05, 0) is 32.9 Å². The maximum Gasteiger partial charge on any atom is 0.225 e. The van der Waals surface area contributed by atoms with Crippen LogP contribution in [0.5, 0.6) is 0 Å². The molecule has 0 aliphatic carbocycles. The summed E-state index contributed by atoms with van der Waals surface area (Å²) in [4.78, 5) is 30.2. The number of likely N-dealkylation sites (tertiary alicyclic amines) is 1. The van der Waals surface area contributed by atoms with Crippen molar-refractivity contribution in [2.75, 3.05) is 20.3 Å². The molecule has 0 unspecified atom stereocenters. The van der Waals surface area contributed by atoms with Crippen LogP contribution in [-0.4, -0.2) is 57.3 Å². The molecular formula is C21H31N5O3. The molecule has 0 radical (unpaired) electrons. The fourth-order valence-corrected chi connectivity index (χ4v) is 3.99. The van der Waals surface area contributed by atoms with Gasteiger partial charge in [0.25, 0.3) is 0 Å². The van der Waals surface area contributed by atoms with Crippen molar-refractivity contribution < 1.29 is 14.3 Å². The molecule has 0 saturated carbocycles. The lowest BCUT2D eigenvalue weighted by molar-refractivity contribution is -0.133. The molecule has 2 aromatic heterocycles. The highest BCUT2D eigenvalue weighted by molar-refractivity contribution is 5.81. The molecule has 8 nitrogen and oxygen atoms in total. The van der Waals surface area contributed by atoms with Crippen molar-refractivity contribution in [3.05, 3.63) is 42.0 Å². The van der Waals surface area contributed by atoms with Crippen LogP contribution in [0.2, 0.25) is 0 Å². The molecule has 1 aliphatic rings. The van der Waals surface area contributed by atoms with Gasteiger partial charge < -0.3 is 19.9 Å². The largest absolute Gasteiger partial charge is 0.383 e. The molecule has 158 valence electrons. The highest BCUT2D eigenvalue weighted by atomic mass is 16.5. The van der Waals surface area contributed by atoms with E-state index < -0.39 is 0 Å². The molecule has 3 heterocycles. The number of hydrogen-bond donors (Lipinski definition) is 2. The second-order valence-electron chi connectivity index (χ2n) is 8.55. The van der Waals surface area contributed by atoms with E-state index in [2.05, 4.69) is 15.4 Å². The number of carbonyl (C=O) groups is 2. The van der Waals surface area contributed by atoms with Gasteiger partial charge in [-0.1, -0.05) is 0 Å². The van der Waals surface area contributed by atoms with Crippen molar-refractivity contribution in [3.63, 3.8) is 0 Å². The molecule has 2 amide bonds. The molecule has 1 fully saturated rings. The van der Waals surface area contributed by atoms with Crippen molar-refractivity contribution in [2.45, 2.75) is 51.7 Å². The lowest BCUT2D eigenvalue weighted by Gasteiger charge is -2.38. The molecule has 0 spiro atoms. The van der Waals surface area contributed by atoms with E-state index in [0.717, 1.165) is 11.3 Å². The Balaban J connectivity index is 1.74. The van der Waals surface area contributed by atoms with Crippen LogP contribution in [0.25, 0.3) is 0 Å². The third-order valence-electron chi connectivity index (χ3n) is 5.25. The first-order valence-electron chi connectivity index (χ1n) is 10.0. The molecule has 0 bridgehead atoms. The van der Waals surface area contributed by atoms with Crippen LogP contribution in [0.4, 0.5) is 0 Å². The van der Waals surface area contributed by atoms with Gasteiger partial charge in [0, 0.05) is 55.2 Å². The minimum Gasteiger partial charge on any atom is -0.383 e. The fraction of sp³-hybridized carbons (Fsp3) is 0.571. The lowest BCUT2D eigenvalue weighted by Crippen LogP contribution is -2.44. The molecular weight excluding hydrogens is 370 g/mol. The summed E-state index contributed by atoms with van der Waals surface area (Å²) in [6.45, 7) is 7.81. The van der Waals surface area contributed by atoms with Gasteiger partial charge in [-0.15, -0.1) is 0 Å². The van der Waals surface area contributed by atoms with Crippen LogP contribution in [0.1, 0.15) is 44.5 Å². The molecule has 29 heavy (non-hydrogen) atoms. The Bertz CT molecular complexity index is 822. The number of carbonyl (C=O) groups excluding carboxylic acids is 2. The molecule has 1 saturated heterocycles. The number of ether oxygens (including phenoxy) is 1. The van der Waals surface area contributed by atoms with Gasteiger partial charge in [-0.25, -0.2) is 0 Å². The van der Waals surface area contributed by atoms with Gasteiger partial charge >= 0.3 is 0 Å². The van der Waals surface area contributed by atoms with Crippen molar-refractivity contribution in [1.82, 2.24) is 25.0 Å². The molecule has 2 N–H and O–H groups in total. The van der Waals surface area contributed by atoms with Crippen molar-refractivity contribution in [1.29, 1.82) is 0 Å². The van der Waals surface area contributed by atoms with Crippen molar-refractivity contribution in [3.8, 4) is 0 Å². The molecule has 2 atom stereocenters. The van der Waals surface area contributed by atoms with Crippen LogP contribution in [0.15, 0.2) is 30.7 Å². The van der Waals surface area contributed by atoms with Gasteiger partial charge in [-0.2, -0.15) is 5.10 Å². The van der Waals surface area contributed by atoms with E-state index in [-0.39, 0.29) is 29.3 Å². The maximum atomic E-state index is 12.9. The summed E-state index contributed by atoms with van der Waals surface area (Å²) in [5, 5.41) is 7.44. The SMILES string of the molecule is COCCn1cc([C@H]2[C@H](CNC(=O)Cc3ccc[nH]3)CC(=O)N2C(C)(C)C)cn1. The molecule has 0 aromatic carbocycles. The summed E-state index contributed by atoms with van der Waals surface area (Å²) in [5.41, 5.74) is 1.54. The van der Waals surface area contributed by atoms with E-state index in [1.165, 1.54) is 0 Å². The third kappa shape index (κ3) is 5.06. The van der Waals surface area contributed by atoms with E-state index in [1.807, 2.05) is 54.9 Å². The minimum atomic E-state index is -0.320. The Kier molecular flexibility index (Phi) is 6.42. The number of nitrogens with one attached hydrogen (secondary N) is 2. The molecule has 1 aliphatic heterocycles. The van der Waals surface area contributed by atoms with E-state index in [9.17, 15) is 9.59 Å². The quantitative estimate of drug-likeness (QED) is 0.707. The Morgan fingerprint density at radius 1 is 1.41 bits per heavy atom. The maximum absolute atomic E-state index is 12.9. The van der Waals surface area contributed by atoms with Crippen molar-refractivity contribution in [2.24, 2.45) is 5.92 Å². The first-order valence-corrected chi connectivity index (χ1v) is 10.0. The van der Waals surface area contributed by atoms with Gasteiger partial charge in [0.2, 0.25) is 11.8 Å². The number of rotatable bonds is 8. The van der Waals surface area contributed by atoms with Crippen LogP contribution in [-0.2, 0) is 27.3 Å². The number of aromatic amines is 1. The van der Waals surface area contributed by atoms with E-state index >= 15 is 0 Å². The van der Waals surface area contributed by atoms with E-state index in [0.29, 0.717) is 32.5 Å². The second-order valence-corrected chi connectivity index (χ2v) is 8.55. The van der Waals surface area contributed by atoms with Crippen LogP contribution >= 0.6 is 0 Å². The Morgan fingerprint density at radius 3 is 2.86 bits per heavy atom. The highest BCUT2D eigenvalue weighted by Gasteiger charge is 2.45. The number of methoxy groups -OCH3 is 1. The van der Waals surface area contributed by atoms with Gasteiger partial charge in [-0.3, -0.25) is 14.3 Å². The summed E-state index contributed by atoms with van der Waals surface area (Å²) in [6, 6.07) is 3.64. The number of H-pyrrole nitrogens is 1. The topological polar surface area (TPSA) is 92.2 Å². The Labute approximate surface area is 171 Å². The minimum absolute atomic E-state index is 0.00519. The van der Waals surface area contributed by atoms with Crippen LogP contribution < -0.4 is 5.32 Å². The third-order valence-corrected chi connectivity index (χ3v) is 5.25. The summed E-state index contributed by atoms with van der Waals surface area (Å²) in [5.74, 6) is 0.0498. The number of nitrogens with zero attached hydrogens (tertiary/aromatic N) is 3. The van der Waals surface area contributed by atoms with Gasteiger partial charge in [0.1, 0.15) is 0 Å². The zero-order valence-electron chi connectivity index (χ0n) is 17.6. The van der Waals surface area contributed by atoms with E-state index in [4.69, 9.17) is 4.74 Å². The summed E-state index contributed by atoms with van der Waals surface area (Å²) in [6.07, 6.45) is 6.32. The van der Waals surface area contributed by atoms with E-state index in [1.54, 1.807) is 13.3 Å². The average Bonchev–Trinajstić information content (AvgIpc) is 3.37. The fourth-order valence-electron chi connectivity index (χ4n) is 3.99. The second kappa shape index (κ2) is 8.82. The lowest BCUT2D eigenvalue weighted by atomic mass is 9.93. The average molecular weight is 402 g/mol. The zero-order valence-corrected chi connectivity index (χ0v) is 17.6. The number of hydrogen-bond acceptors (Lipinski definition) is 4. The summed E-state index contributed by atoms with van der Waals surface area (Å²) in [7, 11) is 1.66. The standard InChI is InChI=1S/C21H31N5O3/c1-21(2,3)26-19(28)10-15(12-23-18(27)11-17-6-5-7-22-17)20(26)16-13-24-25(14-16)8-9-29-4/h5-7,13-15,20,22H,8-12H2,1-4H3,(H,23,27)/t15-,20+/m0/s1. The Hall–Kier alpha value is -2.61. The number of amides is 2. The normalized spacial score (nSPS) is 19.7. The first kappa shape index (κ1) is 21.1. The number of aromatic nitrogens is 3. The highest BCUT2D eigenvalue weighted by Crippen LogP contribution is 2.42. The summed E-state index contributed by atoms with van der Waals surface area (Å²) >= 11 is 0. The zero-order chi connectivity index (χ0) is 21.0. The predicted octanol–water partition coefficient (Wildman–Crippen LogP) is 1.90.